The van der Waals surface area contributed by atoms with Crippen molar-refractivity contribution in [3.8, 4) is 5.75 Å². The number of phenolic OH excluding ortho intramolecular Hbond substituents is 1. The molecule has 0 amide bonds. The topological polar surface area (TPSA) is 32.6 Å². The van der Waals surface area contributed by atoms with Gasteiger partial charge in [-0.25, -0.2) is 4.39 Å². The molecular weight excluding hydrogens is 181 g/mol. The van der Waals surface area contributed by atoms with Crippen LogP contribution in [0.5, 0.6) is 5.75 Å². The van der Waals surface area contributed by atoms with Gasteiger partial charge in [0.1, 0.15) is 11.6 Å². The molecule has 3 heteroatoms. The van der Waals surface area contributed by atoms with E-state index in [2.05, 4.69) is 4.99 Å². The highest BCUT2D eigenvalue weighted by atomic mass is 19.1. The SMILES string of the molecule is CC=N/C=C(\C)c1cc(F)ccc1O. The van der Waals surface area contributed by atoms with Crippen LogP contribution in [0.1, 0.15) is 19.4 Å². The maximum atomic E-state index is 12.9. The second-order valence-corrected chi connectivity index (χ2v) is 2.88. The number of hydrogen-bond acceptors (Lipinski definition) is 2. The predicted molar refractivity (Wildman–Crippen MR) is 55.9 cm³/mol. The van der Waals surface area contributed by atoms with Crippen molar-refractivity contribution in [2.45, 2.75) is 13.8 Å². The molecule has 2 nitrogen and oxygen atoms in total. The fourth-order valence-electron chi connectivity index (χ4n) is 1.08. The van der Waals surface area contributed by atoms with E-state index in [4.69, 9.17) is 0 Å². The molecule has 0 fully saturated rings. The van der Waals surface area contributed by atoms with E-state index in [1.807, 2.05) is 0 Å². The molecule has 1 rings (SSSR count). The number of hydrogen-bond donors (Lipinski definition) is 1. The molecule has 0 unspecified atom stereocenters. The Morgan fingerprint density at radius 1 is 1.50 bits per heavy atom. The molecule has 0 atom stereocenters. The van der Waals surface area contributed by atoms with Gasteiger partial charge in [0.2, 0.25) is 0 Å². The summed E-state index contributed by atoms with van der Waals surface area (Å²) in [6.45, 7) is 3.55. The lowest BCUT2D eigenvalue weighted by Gasteiger charge is -2.03. The Morgan fingerprint density at radius 2 is 2.21 bits per heavy atom. The number of nitrogens with zero attached hydrogens (tertiary/aromatic N) is 1. The highest BCUT2D eigenvalue weighted by Gasteiger charge is 2.03. The summed E-state index contributed by atoms with van der Waals surface area (Å²) in [6, 6.07) is 3.83. The zero-order chi connectivity index (χ0) is 10.6. The Kier molecular flexibility index (Phi) is 3.40. The largest absolute Gasteiger partial charge is 0.507 e. The normalized spacial score (nSPS) is 12.4. The van der Waals surface area contributed by atoms with Crippen molar-refractivity contribution in [1.82, 2.24) is 0 Å². The summed E-state index contributed by atoms with van der Waals surface area (Å²) in [4.78, 5) is 3.90. The maximum Gasteiger partial charge on any atom is 0.124 e. The number of phenols is 1. The predicted octanol–water partition coefficient (Wildman–Crippen LogP) is 2.98. The Morgan fingerprint density at radius 3 is 2.86 bits per heavy atom. The van der Waals surface area contributed by atoms with Gasteiger partial charge in [-0.1, -0.05) is 0 Å². The highest BCUT2D eigenvalue weighted by Crippen LogP contribution is 2.25. The van der Waals surface area contributed by atoms with Crippen molar-refractivity contribution in [1.29, 1.82) is 0 Å². The molecule has 0 saturated heterocycles. The van der Waals surface area contributed by atoms with Crippen molar-refractivity contribution in [2.24, 2.45) is 4.99 Å². The standard InChI is InChI=1S/C11H12FNO/c1-3-13-7-8(2)10-6-9(12)4-5-11(10)14/h3-7,14H,1-2H3/b8-7+,13-3?. The van der Waals surface area contributed by atoms with E-state index in [0.29, 0.717) is 5.56 Å². The zero-order valence-corrected chi connectivity index (χ0v) is 8.16. The molecule has 74 valence electrons. The van der Waals surface area contributed by atoms with Gasteiger partial charge in [-0.3, -0.25) is 4.99 Å². The summed E-state index contributed by atoms with van der Waals surface area (Å²) in [5, 5.41) is 9.45. The van der Waals surface area contributed by atoms with Crippen LogP contribution in [0.15, 0.2) is 29.4 Å². The monoisotopic (exact) mass is 193 g/mol. The lowest BCUT2D eigenvalue weighted by atomic mass is 10.1. The van der Waals surface area contributed by atoms with Crippen LogP contribution >= 0.6 is 0 Å². The molecular formula is C11H12FNO. The van der Waals surface area contributed by atoms with Crippen LogP contribution in [-0.4, -0.2) is 11.3 Å². The fourth-order valence-corrected chi connectivity index (χ4v) is 1.08. The van der Waals surface area contributed by atoms with E-state index < -0.39 is 0 Å². The first kappa shape index (κ1) is 10.4. The van der Waals surface area contributed by atoms with E-state index in [1.54, 1.807) is 26.3 Å². The van der Waals surface area contributed by atoms with Gasteiger partial charge in [0, 0.05) is 18.0 Å². The average Bonchev–Trinajstić information content (AvgIpc) is 2.18. The van der Waals surface area contributed by atoms with Gasteiger partial charge in [0.05, 0.1) is 0 Å². The van der Waals surface area contributed by atoms with Gasteiger partial charge < -0.3 is 5.11 Å². The smallest absolute Gasteiger partial charge is 0.124 e. The van der Waals surface area contributed by atoms with Crippen molar-refractivity contribution >= 4 is 11.8 Å². The van der Waals surface area contributed by atoms with Crippen LogP contribution < -0.4 is 0 Å². The molecule has 0 aliphatic carbocycles. The average molecular weight is 193 g/mol. The van der Waals surface area contributed by atoms with E-state index in [1.165, 1.54) is 18.2 Å². The van der Waals surface area contributed by atoms with Crippen molar-refractivity contribution in [3.63, 3.8) is 0 Å². The van der Waals surface area contributed by atoms with Crippen molar-refractivity contribution < 1.29 is 9.50 Å². The summed E-state index contributed by atoms with van der Waals surface area (Å²) in [7, 11) is 0. The molecule has 1 N–H and O–H groups in total. The minimum atomic E-state index is -0.369. The summed E-state index contributed by atoms with van der Waals surface area (Å²) in [5.74, 6) is -0.308. The summed E-state index contributed by atoms with van der Waals surface area (Å²) in [5.41, 5.74) is 1.19. The van der Waals surface area contributed by atoms with E-state index in [-0.39, 0.29) is 11.6 Å². The van der Waals surface area contributed by atoms with Gasteiger partial charge in [-0.15, -0.1) is 0 Å². The van der Waals surface area contributed by atoms with E-state index in [0.717, 1.165) is 5.57 Å². The molecule has 0 aliphatic heterocycles. The van der Waals surface area contributed by atoms with Crippen LogP contribution in [0, 0.1) is 5.82 Å². The van der Waals surface area contributed by atoms with Gasteiger partial charge in [0.15, 0.2) is 0 Å². The maximum absolute atomic E-state index is 12.9. The van der Waals surface area contributed by atoms with E-state index in [9.17, 15) is 9.50 Å². The third kappa shape index (κ3) is 2.42. The van der Waals surface area contributed by atoms with Crippen LogP contribution in [-0.2, 0) is 0 Å². The quantitative estimate of drug-likeness (QED) is 0.719. The first-order valence-corrected chi connectivity index (χ1v) is 4.28. The third-order valence-corrected chi connectivity index (χ3v) is 1.80. The van der Waals surface area contributed by atoms with Crippen molar-refractivity contribution in [2.75, 3.05) is 0 Å². The number of allylic oxidation sites excluding steroid dienone is 1. The second kappa shape index (κ2) is 4.56. The molecule has 0 aliphatic rings. The lowest BCUT2D eigenvalue weighted by molar-refractivity contribution is 0.471. The van der Waals surface area contributed by atoms with Gasteiger partial charge in [-0.2, -0.15) is 0 Å². The molecule has 1 aromatic rings. The summed E-state index contributed by atoms with van der Waals surface area (Å²) < 4.78 is 12.9. The van der Waals surface area contributed by atoms with Crippen LogP contribution in [0.25, 0.3) is 5.57 Å². The molecule has 1 aromatic carbocycles. The van der Waals surface area contributed by atoms with Gasteiger partial charge in [0.25, 0.3) is 0 Å². The number of halogens is 1. The van der Waals surface area contributed by atoms with Crippen LogP contribution in [0.4, 0.5) is 4.39 Å². The molecule has 0 saturated carbocycles. The first-order valence-electron chi connectivity index (χ1n) is 4.28. The Labute approximate surface area is 82.4 Å². The molecule has 0 heterocycles. The second-order valence-electron chi connectivity index (χ2n) is 2.88. The van der Waals surface area contributed by atoms with Crippen LogP contribution in [0.3, 0.4) is 0 Å². The number of rotatable bonds is 2. The summed E-state index contributed by atoms with van der Waals surface area (Å²) in [6.07, 6.45) is 3.20. The molecule has 0 spiro atoms. The Hall–Kier alpha value is -1.64. The van der Waals surface area contributed by atoms with Gasteiger partial charge >= 0.3 is 0 Å². The summed E-state index contributed by atoms with van der Waals surface area (Å²) >= 11 is 0. The first-order chi connectivity index (χ1) is 6.65. The minimum absolute atomic E-state index is 0.0615. The molecule has 0 radical (unpaired) electrons. The van der Waals surface area contributed by atoms with Crippen LogP contribution in [0.2, 0.25) is 0 Å². The van der Waals surface area contributed by atoms with Crippen molar-refractivity contribution in [3.05, 3.63) is 35.8 Å². The molecule has 14 heavy (non-hydrogen) atoms. The van der Waals surface area contributed by atoms with E-state index >= 15 is 0 Å². The number of aliphatic imine (C=N–C) groups is 1. The lowest BCUT2D eigenvalue weighted by Crippen LogP contribution is -1.83. The minimum Gasteiger partial charge on any atom is -0.507 e. The van der Waals surface area contributed by atoms with Gasteiger partial charge in [-0.05, 0) is 37.6 Å². The Bertz CT molecular complexity index is 383. The zero-order valence-electron chi connectivity index (χ0n) is 8.16. The number of benzene rings is 1. The Balaban J connectivity index is 3.11. The highest BCUT2D eigenvalue weighted by molar-refractivity contribution is 5.69. The molecule has 0 aromatic heterocycles. The third-order valence-electron chi connectivity index (χ3n) is 1.80. The number of aromatic hydroxyl groups is 1. The fraction of sp³-hybridized carbons (Fsp3) is 0.182. The molecule has 0 bridgehead atoms.